The molecule has 0 fully saturated rings. The lowest BCUT2D eigenvalue weighted by atomic mass is 10.1. The lowest BCUT2D eigenvalue weighted by molar-refractivity contribution is -0.384. The predicted octanol–water partition coefficient (Wildman–Crippen LogP) is 3.79. The average Bonchev–Trinajstić information content (AvgIpc) is 3.09. The quantitative estimate of drug-likeness (QED) is 0.314. The van der Waals surface area contributed by atoms with Crippen LogP contribution in [0.25, 0.3) is 28.2 Å². The van der Waals surface area contributed by atoms with Crippen molar-refractivity contribution in [2.75, 3.05) is 5.32 Å². The summed E-state index contributed by atoms with van der Waals surface area (Å²) in [6.45, 7) is 0. The Balaban J connectivity index is 1.82. The van der Waals surface area contributed by atoms with Gasteiger partial charge < -0.3 is 5.32 Å². The van der Waals surface area contributed by atoms with Gasteiger partial charge in [-0.2, -0.15) is 0 Å². The Bertz CT molecular complexity index is 1490. The van der Waals surface area contributed by atoms with Gasteiger partial charge in [0.2, 0.25) is 0 Å². The van der Waals surface area contributed by atoms with Crippen LogP contribution in [0.2, 0.25) is 0 Å². The van der Waals surface area contributed by atoms with Crippen LogP contribution in [0.3, 0.4) is 0 Å². The van der Waals surface area contributed by atoms with Crippen LogP contribution in [-0.2, 0) is 4.79 Å². The zero-order valence-electron chi connectivity index (χ0n) is 16.0. The Morgan fingerprint density at radius 1 is 0.968 bits per heavy atom. The van der Waals surface area contributed by atoms with E-state index in [1.807, 2.05) is 12.1 Å². The molecule has 0 saturated heterocycles. The number of nitro groups is 1. The van der Waals surface area contributed by atoms with Crippen LogP contribution in [0.4, 0.5) is 11.4 Å². The van der Waals surface area contributed by atoms with E-state index in [2.05, 4.69) is 10.3 Å². The molecule has 0 radical (unpaired) electrons. The van der Waals surface area contributed by atoms with Crippen molar-refractivity contribution >= 4 is 39.8 Å². The molecule has 1 N–H and O–H groups in total. The number of fused-ring (bicyclic) bond motifs is 2. The second-order valence-electron chi connectivity index (χ2n) is 6.96. The van der Waals surface area contributed by atoms with E-state index < -0.39 is 4.92 Å². The standard InChI is InChI=1S/C23H14N4O4/c28-22-18(16-8-1-3-10-19(16)25-22)13-21-24-20-11-4-2-9-17(20)23(29)26(21)14-6-5-7-15(12-14)27(30)31/h1-13H,(H,25,28). The molecule has 1 aliphatic rings. The van der Waals surface area contributed by atoms with Gasteiger partial charge in [0, 0.05) is 23.4 Å². The van der Waals surface area contributed by atoms with Gasteiger partial charge in [0.15, 0.2) is 0 Å². The van der Waals surface area contributed by atoms with Crippen molar-refractivity contribution in [1.82, 2.24) is 9.55 Å². The molecule has 4 aromatic rings. The number of nitrogens with one attached hydrogen (secondary N) is 1. The third-order valence-electron chi connectivity index (χ3n) is 5.08. The topological polar surface area (TPSA) is 107 Å². The van der Waals surface area contributed by atoms with E-state index in [9.17, 15) is 19.7 Å². The van der Waals surface area contributed by atoms with Crippen LogP contribution in [0.1, 0.15) is 11.4 Å². The van der Waals surface area contributed by atoms with Crippen LogP contribution in [0, 0.1) is 10.1 Å². The number of aromatic nitrogens is 2. The van der Waals surface area contributed by atoms with Crippen molar-refractivity contribution in [3.63, 3.8) is 0 Å². The van der Waals surface area contributed by atoms with E-state index in [0.717, 1.165) is 0 Å². The number of nitrogens with zero attached hydrogens (tertiary/aromatic N) is 3. The second-order valence-corrected chi connectivity index (χ2v) is 6.96. The van der Waals surface area contributed by atoms with E-state index in [0.29, 0.717) is 27.7 Å². The molecular formula is C23H14N4O4. The first kappa shape index (κ1) is 18.4. The summed E-state index contributed by atoms with van der Waals surface area (Å²) in [7, 11) is 0. The Kier molecular flexibility index (Phi) is 4.18. The molecule has 0 unspecified atom stereocenters. The SMILES string of the molecule is O=C1Nc2ccccc2C1=Cc1nc2ccccc2c(=O)n1-c1cccc([N+](=O)[O-])c1. The monoisotopic (exact) mass is 410 g/mol. The number of hydrogen-bond acceptors (Lipinski definition) is 5. The summed E-state index contributed by atoms with van der Waals surface area (Å²) in [6, 6.07) is 19.8. The zero-order chi connectivity index (χ0) is 21.5. The highest BCUT2D eigenvalue weighted by molar-refractivity contribution is 6.34. The Hall–Kier alpha value is -4.59. The molecule has 0 spiro atoms. The van der Waals surface area contributed by atoms with Crippen LogP contribution in [0.15, 0.2) is 77.6 Å². The number of rotatable bonds is 3. The normalized spacial score (nSPS) is 13.9. The first-order valence-corrected chi connectivity index (χ1v) is 9.42. The fourth-order valence-electron chi connectivity index (χ4n) is 3.65. The number of hydrogen-bond donors (Lipinski definition) is 1. The third kappa shape index (κ3) is 3.06. The molecule has 8 nitrogen and oxygen atoms in total. The minimum atomic E-state index is -0.526. The maximum absolute atomic E-state index is 13.4. The fraction of sp³-hybridized carbons (Fsp3) is 0. The molecule has 3 aromatic carbocycles. The van der Waals surface area contributed by atoms with Crippen LogP contribution < -0.4 is 10.9 Å². The molecule has 1 aromatic heterocycles. The maximum Gasteiger partial charge on any atom is 0.271 e. The fourth-order valence-corrected chi connectivity index (χ4v) is 3.65. The van der Waals surface area contributed by atoms with Crippen LogP contribution in [0.5, 0.6) is 0 Å². The predicted molar refractivity (Wildman–Crippen MR) is 117 cm³/mol. The van der Waals surface area contributed by atoms with E-state index >= 15 is 0 Å². The van der Waals surface area contributed by atoms with E-state index in [1.165, 1.54) is 28.8 Å². The summed E-state index contributed by atoms with van der Waals surface area (Å²) < 4.78 is 1.29. The van der Waals surface area contributed by atoms with Gasteiger partial charge >= 0.3 is 0 Å². The molecule has 150 valence electrons. The summed E-state index contributed by atoms with van der Waals surface area (Å²) >= 11 is 0. The van der Waals surface area contributed by atoms with Gasteiger partial charge in [-0.25, -0.2) is 4.98 Å². The number of amides is 1. The summed E-state index contributed by atoms with van der Waals surface area (Å²) in [5, 5.41) is 14.4. The van der Waals surface area contributed by atoms with Gasteiger partial charge in [0.1, 0.15) is 5.82 Å². The summed E-state index contributed by atoms with van der Waals surface area (Å²) in [6.07, 6.45) is 1.54. The van der Waals surface area contributed by atoms with Gasteiger partial charge in [0.05, 0.1) is 27.1 Å². The van der Waals surface area contributed by atoms with Crippen LogP contribution >= 0.6 is 0 Å². The number of para-hydroxylation sites is 2. The number of anilines is 1. The van der Waals surface area contributed by atoms with Crippen molar-refractivity contribution in [2.45, 2.75) is 0 Å². The first-order chi connectivity index (χ1) is 15.0. The van der Waals surface area contributed by atoms with Crippen molar-refractivity contribution in [3.05, 3.63) is 105 Å². The van der Waals surface area contributed by atoms with Crippen LogP contribution in [-0.4, -0.2) is 20.4 Å². The molecule has 0 saturated carbocycles. The smallest absolute Gasteiger partial charge is 0.271 e. The van der Waals surface area contributed by atoms with Gasteiger partial charge in [0.25, 0.3) is 17.2 Å². The second kappa shape index (κ2) is 7.03. The van der Waals surface area contributed by atoms with Gasteiger partial charge in [-0.15, -0.1) is 0 Å². The number of benzene rings is 3. The van der Waals surface area contributed by atoms with Crippen molar-refractivity contribution in [3.8, 4) is 5.69 Å². The molecule has 8 heteroatoms. The highest BCUT2D eigenvalue weighted by atomic mass is 16.6. The van der Waals surface area contributed by atoms with E-state index in [1.54, 1.807) is 42.5 Å². The summed E-state index contributed by atoms with van der Waals surface area (Å²) in [5.74, 6) is -0.111. The Morgan fingerprint density at radius 3 is 2.58 bits per heavy atom. The van der Waals surface area contributed by atoms with Crippen molar-refractivity contribution < 1.29 is 9.72 Å². The molecule has 0 bridgehead atoms. The minimum Gasteiger partial charge on any atom is -0.321 e. The average molecular weight is 410 g/mol. The number of carbonyl (C=O) groups is 1. The summed E-state index contributed by atoms with van der Waals surface area (Å²) in [4.78, 5) is 41.3. The largest absolute Gasteiger partial charge is 0.321 e. The van der Waals surface area contributed by atoms with Crippen molar-refractivity contribution in [1.29, 1.82) is 0 Å². The summed E-state index contributed by atoms with van der Waals surface area (Å²) in [5.41, 5.74) is 1.94. The number of nitro benzene ring substituents is 1. The molecule has 1 aliphatic heterocycles. The van der Waals surface area contributed by atoms with E-state index in [-0.39, 0.29) is 28.7 Å². The highest BCUT2D eigenvalue weighted by Crippen LogP contribution is 2.32. The highest BCUT2D eigenvalue weighted by Gasteiger charge is 2.25. The third-order valence-corrected chi connectivity index (χ3v) is 5.08. The molecule has 0 atom stereocenters. The number of carbonyl (C=O) groups excluding carboxylic acids is 1. The van der Waals surface area contributed by atoms with Gasteiger partial charge in [-0.05, 0) is 30.3 Å². The van der Waals surface area contributed by atoms with Gasteiger partial charge in [-0.3, -0.25) is 24.3 Å². The molecule has 31 heavy (non-hydrogen) atoms. The Labute approximate surface area is 175 Å². The number of non-ortho nitro benzene ring substituents is 1. The molecule has 5 rings (SSSR count). The Morgan fingerprint density at radius 2 is 1.74 bits per heavy atom. The van der Waals surface area contributed by atoms with Gasteiger partial charge in [-0.1, -0.05) is 36.4 Å². The molecule has 1 amide bonds. The zero-order valence-corrected chi connectivity index (χ0v) is 16.0. The lowest BCUT2D eigenvalue weighted by Gasteiger charge is -2.12. The minimum absolute atomic E-state index is 0.153. The molecule has 2 heterocycles. The molecular weight excluding hydrogens is 396 g/mol. The van der Waals surface area contributed by atoms with Crippen molar-refractivity contribution in [2.24, 2.45) is 0 Å². The van der Waals surface area contributed by atoms with E-state index in [4.69, 9.17) is 0 Å². The maximum atomic E-state index is 13.4. The molecule has 0 aliphatic carbocycles. The lowest BCUT2D eigenvalue weighted by Crippen LogP contribution is -2.22. The first-order valence-electron chi connectivity index (χ1n) is 9.42.